The second-order valence-corrected chi connectivity index (χ2v) is 7.94. The highest BCUT2D eigenvalue weighted by atomic mass is 16.5. The van der Waals surface area contributed by atoms with Crippen LogP contribution < -0.4 is 0 Å². The van der Waals surface area contributed by atoms with Crippen LogP contribution in [0.15, 0.2) is 35.1 Å². The fourth-order valence-electron chi connectivity index (χ4n) is 4.19. The van der Waals surface area contributed by atoms with Gasteiger partial charge in [0, 0.05) is 31.7 Å². The molecule has 0 unspecified atom stereocenters. The molecule has 1 aliphatic heterocycles. The minimum absolute atomic E-state index is 0.414. The average molecular weight is 375 g/mol. The number of hydrogen-bond acceptors (Lipinski definition) is 6. The third kappa shape index (κ3) is 3.56. The summed E-state index contributed by atoms with van der Waals surface area (Å²) in [5.41, 5.74) is 5.88. The van der Waals surface area contributed by atoms with E-state index in [9.17, 15) is 0 Å². The Bertz CT molecular complexity index is 961. The predicted molar refractivity (Wildman–Crippen MR) is 106 cm³/mol. The van der Waals surface area contributed by atoms with Crippen LogP contribution in [0.1, 0.15) is 47.5 Å². The number of aryl methyl sites for hydroxylation is 1. The molecule has 0 saturated heterocycles. The average Bonchev–Trinajstić information content (AvgIpc) is 3.00. The monoisotopic (exact) mass is 375 g/mol. The molecule has 3 aromatic rings. The zero-order chi connectivity index (χ0) is 18.9. The van der Waals surface area contributed by atoms with Crippen molar-refractivity contribution in [1.29, 1.82) is 0 Å². The molecule has 0 spiro atoms. The van der Waals surface area contributed by atoms with E-state index in [1.165, 1.54) is 55.5 Å². The minimum Gasteiger partial charge on any atom is -0.332 e. The van der Waals surface area contributed by atoms with E-state index in [0.29, 0.717) is 17.4 Å². The fourth-order valence-corrected chi connectivity index (χ4v) is 4.19. The van der Waals surface area contributed by atoms with Crippen LogP contribution in [-0.2, 0) is 19.3 Å². The van der Waals surface area contributed by atoms with Crippen molar-refractivity contribution in [2.24, 2.45) is 0 Å². The summed E-state index contributed by atoms with van der Waals surface area (Å²) >= 11 is 0. The highest BCUT2D eigenvalue weighted by molar-refractivity contribution is 5.44. The van der Waals surface area contributed by atoms with Crippen molar-refractivity contribution in [1.82, 2.24) is 25.0 Å². The van der Waals surface area contributed by atoms with E-state index in [-0.39, 0.29) is 0 Å². The second-order valence-electron chi connectivity index (χ2n) is 7.94. The smallest absolute Gasteiger partial charge is 0.278 e. The van der Waals surface area contributed by atoms with Crippen LogP contribution in [0.3, 0.4) is 0 Å². The number of nitrogens with zero attached hydrogens (tertiary/aromatic N) is 5. The zero-order valence-electron chi connectivity index (χ0n) is 16.3. The highest BCUT2D eigenvalue weighted by Crippen LogP contribution is 2.28. The Balaban J connectivity index is 1.28. The van der Waals surface area contributed by atoms with Crippen LogP contribution in [0.2, 0.25) is 0 Å². The van der Waals surface area contributed by atoms with Crippen molar-refractivity contribution in [3.8, 4) is 11.6 Å². The van der Waals surface area contributed by atoms with Gasteiger partial charge in [0.15, 0.2) is 5.82 Å². The molecule has 6 nitrogen and oxygen atoms in total. The lowest BCUT2D eigenvalue weighted by Gasteiger charge is -2.36. The van der Waals surface area contributed by atoms with Gasteiger partial charge in [0.25, 0.3) is 5.89 Å². The summed E-state index contributed by atoms with van der Waals surface area (Å²) in [6.07, 6.45) is 10.8. The summed E-state index contributed by atoms with van der Waals surface area (Å²) in [7, 11) is 0. The molecule has 0 bridgehead atoms. The van der Waals surface area contributed by atoms with Crippen LogP contribution >= 0.6 is 0 Å². The van der Waals surface area contributed by atoms with E-state index in [2.05, 4.69) is 43.2 Å². The molecule has 1 aromatic carbocycles. The third-order valence-corrected chi connectivity index (χ3v) is 6.04. The number of hydrogen-bond donors (Lipinski definition) is 0. The van der Waals surface area contributed by atoms with E-state index in [1.54, 1.807) is 19.3 Å². The quantitative estimate of drug-likeness (QED) is 0.696. The van der Waals surface area contributed by atoms with E-state index >= 15 is 0 Å². The van der Waals surface area contributed by atoms with E-state index < -0.39 is 0 Å². The van der Waals surface area contributed by atoms with Crippen molar-refractivity contribution in [2.45, 2.75) is 51.5 Å². The molecule has 3 heterocycles. The number of fused-ring (bicyclic) bond motifs is 1. The van der Waals surface area contributed by atoms with Crippen molar-refractivity contribution >= 4 is 0 Å². The Hall–Kier alpha value is -2.60. The maximum absolute atomic E-state index is 5.15. The first-order valence-corrected chi connectivity index (χ1v) is 10.2. The summed E-state index contributed by atoms with van der Waals surface area (Å²) in [5.74, 6) is 1.01. The molecule has 28 heavy (non-hydrogen) atoms. The fraction of sp³-hybridized carbons (Fsp3) is 0.455. The molecule has 1 aliphatic carbocycles. The first kappa shape index (κ1) is 17.5. The largest absolute Gasteiger partial charge is 0.332 e. The van der Waals surface area contributed by atoms with Crippen LogP contribution in [-0.4, -0.2) is 44.1 Å². The Labute approximate surface area is 165 Å². The molecular formula is C22H25N5O. The van der Waals surface area contributed by atoms with Gasteiger partial charge in [0.05, 0.1) is 11.9 Å². The summed E-state index contributed by atoms with van der Waals surface area (Å²) in [6, 6.07) is 7.77. The summed E-state index contributed by atoms with van der Waals surface area (Å²) in [5, 5.41) is 3.80. The van der Waals surface area contributed by atoms with Gasteiger partial charge in [0.1, 0.15) is 5.69 Å². The molecule has 2 aromatic heterocycles. The SMILES string of the molecule is Cc1noc(-c2cnc(Cc3ccc4c(c3)CCN(C3CCC3)CC4)cn2)n1. The van der Waals surface area contributed by atoms with Gasteiger partial charge in [-0.1, -0.05) is 29.8 Å². The van der Waals surface area contributed by atoms with Crippen molar-refractivity contribution in [3.63, 3.8) is 0 Å². The van der Waals surface area contributed by atoms with Crippen LogP contribution in [0.25, 0.3) is 11.6 Å². The topological polar surface area (TPSA) is 67.9 Å². The lowest BCUT2D eigenvalue weighted by Crippen LogP contribution is -2.41. The summed E-state index contributed by atoms with van der Waals surface area (Å²) in [6.45, 7) is 4.19. The van der Waals surface area contributed by atoms with Gasteiger partial charge in [-0.2, -0.15) is 4.98 Å². The molecule has 0 N–H and O–H groups in total. The number of aromatic nitrogens is 4. The Morgan fingerprint density at radius 3 is 2.61 bits per heavy atom. The molecule has 0 amide bonds. The van der Waals surface area contributed by atoms with Crippen molar-refractivity contribution < 1.29 is 4.52 Å². The van der Waals surface area contributed by atoms with Gasteiger partial charge in [-0.25, -0.2) is 4.98 Å². The molecule has 5 rings (SSSR count). The van der Waals surface area contributed by atoms with E-state index in [1.807, 2.05) is 0 Å². The normalized spacial score (nSPS) is 17.8. The van der Waals surface area contributed by atoms with Gasteiger partial charge in [-0.3, -0.25) is 9.88 Å². The Kier molecular flexibility index (Phi) is 4.64. The summed E-state index contributed by atoms with van der Waals surface area (Å²) in [4.78, 5) is 15.9. The first-order valence-electron chi connectivity index (χ1n) is 10.2. The molecule has 144 valence electrons. The van der Waals surface area contributed by atoms with Gasteiger partial charge in [-0.05, 0) is 49.3 Å². The second kappa shape index (κ2) is 7.43. The maximum atomic E-state index is 5.15. The first-order chi connectivity index (χ1) is 13.7. The number of rotatable bonds is 4. The van der Waals surface area contributed by atoms with Crippen molar-refractivity contribution in [2.75, 3.05) is 13.1 Å². The Morgan fingerprint density at radius 1 is 1.07 bits per heavy atom. The van der Waals surface area contributed by atoms with Crippen LogP contribution in [0.5, 0.6) is 0 Å². The van der Waals surface area contributed by atoms with Gasteiger partial charge >= 0.3 is 0 Å². The molecule has 1 saturated carbocycles. The predicted octanol–water partition coefficient (Wildman–Crippen LogP) is 3.38. The molecular weight excluding hydrogens is 350 g/mol. The lowest BCUT2D eigenvalue weighted by molar-refractivity contribution is 0.133. The lowest BCUT2D eigenvalue weighted by atomic mass is 9.91. The van der Waals surface area contributed by atoms with Crippen LogP contribution in [0, 0.1) is 6.92 Å². The van der Waals surface area contributed by atoms with Crippen molar-refractivity contribution in [3.05, 3.63) is 58.8 Å². The van der Waals surface area contributed by atoms with Crippen LogP contribution in [0.4, 0.5) is 0 Å². The Morgan fingerprint density at radius 2 is 1.93 bits per heavy atom. The maximum Gasteiger partial charge on any atom is 0.278 e. The zero-order valence-corrected chi connectivity index (χ0v) is 16.3. The van der Waals surface area contributed by atoms with Gasteiger partial charge < -0.3 is 4.52 Å². The molecule has 2 aliphatic rings. The summed E-state index contributed by atoms with van der Waals surface area (Å²) < 4.78 is 5.15. The highest BCUT2D eigenvalue weighted by Gasteiger charge is 2.26. The molecule has 0 atom stereocenters. The van der Waals surface area contributed by atoms with Gasteiger partial charge in [-0.15, -0.1) is 0 Å². The van der Waals surface area contributed by atoms with Gasteiger partial charge in [0.2, 0.25) is 0 Å². The molecule has 6 heteroatoms. The third-order valence-electron chi connectivity index (χ3n) is 6.04. The molecule has 0 radical (unpaired) electrons. The number of benzene rings is 1. The standard InChI is InChI=1S/C22H25N5O/c1-15-25-22(28-26-15)21-14-23-19(13-24-21)12-16-5-6-17-7-9-27(20-3-2-4-20)10-8-18(17)11-16/h5-6,11,13-14,20H,2-4,7-10,12H2,1H3. The minimum atomic E-state index is 0.414. The van der Waals surface area contributed by atoms with E-state index in [4.69, 9.17) is 4.52 Å². The molecule has 1 fully saturated rings. The van der Waals surface area contributed by atoms with E-state index in [0.717, 1.165) is 24.6 Å².